The minimum atomic E-state index is -4.72. The Morgan fingerprint density at radius 1 is 1.30 bits per heavy atom. The van der Waals surface area contributed by atoms with Gasteiger partial charge in [0, 0.05) is 13.1 Å². The van der Waals surface area contributed by atoms with Gasteiger partial charge in [-0.3, -0.25) is 0 Å². The maximum absolute atomic E-state index is 12.4. The summed E-state index contributed by atoms with van der Waals surface area (Å²) in [6.45, 7) is 4.59. The molecule has 0 aromatic carbocycles. The van der Waals surface area contributed by atoms with Crippen LogP contribution in [0.15, 0.2) is 22.9 Å². The van der Waals surface area contributed by atoms with Crippen LogP contribution in [0.4, 0.5) is 18.0 Å². The summed E-state index contributed by atoms with van der Waals surface area (Å²) in [5.74, 6) is -1.60. The van der Waals surface area contributed by atoms with Gasteiger partial charge < -0.3 is 14.2 Å². The standard InChI is InChI=1S/C13H13F3N4O3/c1-3-20(4-2)12(21)22-8-5-6-9(17-7-8)10-18-11(23-19-10)13(14,15)16/h5-7H,3-4H2,1-2H3. The molecule has 2 rings (SSSR count). The molecule has 0 saturated carbocycles. The van der Waals surface area contributed by atoms with Gasteiger partial charge in [-0.2, -0.15) is 18.2 Å². The fraction of sp³-hybridized carbons (Fsp3) is 0.385. The molecule has 0 radical (unpaired) electrons. The number of carbonyl (C=O) groups is 1. The Morgan fingerprint density at radius 3 is 2.48 bits per heavy atom. The van der Waals surface area contributed by atoms with E-state index < -0.39 is 18.2 Å². The van der Waals surface area contributed by atoms with Crippen molar-refractivity contribution in [3.8, 4) is 17.3 Å². The highest BCUT2D eigenvalue weighted by Crippen LogP contribution is 2.29. The Balaban J connectivity index is 2.10. The van der Waals surface area contributed by atoms with Gasteiger partial charge in [-0.15, -0.1) is 0 Å². The van der Waals surface area contributed by atoms with Gasteiger partial charge >= 0.3 is 18.2 Å². The normalized spacial score (nSPS) is 11.3. The lowest BCUT2D eigenvalue weighted by atomic mass is 10.3. The fourth-order valence-corrected chi connectivity index (χ4v) is 1.66. The first-order valence-corrected chi connectivity index (χ1v) is 6.69. The Hall–Kier alpha value is -2.65. The number of hydrogen-bond acceptors (Lipinski definition) is 6. The van der Waals surface area contributed by atoms with Crippen molar-refractivity contribution in [3.63, 3.8) is 0 Å². The van der Waals surface area contributed by atoms with Crippen molar-refractivity contribution in [2.45, 2.75) is 20.0 Å². The van der Waals surface area contributed by atoms with Crippen LogP contribution >= 0.6 is 0 Å². The second kappa shape index (κ2) is 6.63. The molecule has 1 amide bonds. The zero-order valence-electron chi connectivity index (χ0n) is 12.3. The summed E-state index contributed by atoms with van der Waals surface area (Å²) in [7, 11) is 0. The van der Waals surface area contributed by atoms with E-state index in [1.165, 1.54) is 23.2 Å². The predicted octanol–water partition coefficient (Wildman–Crippen LogP) is 2.99. The number of carbonyl (C=O) groups excluding carboxylic acids is 1. The molecule has 0 spiro atoms. The second-order valence-electron chi connectivity index (χ2n) is 4.34. The van der Waals surface area contributed by atoms with Gasteiger partial charge in [0.15, 0.2) is 5.75 Å². The summed E-state index contributed by atoms with van der Waals surface area (Å²) in [6, 6.07) is 2.71. The van der Waals surface area contributed by atoms with Crippen LogP contribution in [-0.4, -0.2) is 39.2 Å². The molecule has 2 aromatic rings. The molecule has 2 heterocycles. The van der Waals surface area contributed by atoms with E-state index in [2.05, 4.69) is 19.6 Å². The minimum Gasteiger partial charge on any atom is -0.409 e. The quantitative estimate of drug-likeness (QED) is 0.857. The van der Waals surface area contributed by atoms with E-state index in [4.69, 9.17) is 4.74 Å². The monoisotopic (exact) mass is 330 g/mol. The molecule has 0 unspecified atom stereocenters. The lowest BCUT2D eigenvalue weighted by molar-refractivity contribution is -0.159. The van der Waals surface area contributed by atoms with E-state index in [0.29, 0.717) is 13.1 Å². The summed E-state index contributed by atoms with van der Waals surface area (Å²) in [4.78, 5) is 20.3. The maximum atomic E-state index is 12.4. The summed E-state index contributed by atoms with van der Waals surface area (Å²) in [5, 5.41) is 3.21. The van der Waals surface area contributed by atoms with Crippen molar-refractivity contribution in [2.75, 3.05) is 13.1 Å². The molecule has 0 N–H and O–H groups in total. The third-order valence-electron chi connectivity index (χ3n) is 2.86. The van der Waals surface area contributed by atoms with Crippen LogP contribution in [0.3, 0.4) is 0 Å². The Labute approximate surface area is 129 Å². The van der Waals surface area contributed by atoms with E-state index in [1.54, 1.807) is 13.8 Å². The molecule has 124 valence electrons. The zero-order valence-corrected chi connectivity index (χ0v) is 12.3. The number of halogens is 3. The highest BCUT2D eigenvalue weighted by Gasteiger charge is 2.38. The van der Waals surface area contributed by atoms with Gasteiger partial charge in [0.05, 0.1) is 6.20 Å². The van der Waals surface area contributed by atoms with Crippen LogP contribution in [0.1, 0.15) is 19.7 Å². The Kier molecular flexibility index (Phi) is 4.82. The molecule has 0 bridgehead atoms. The zero-order chi connectivity index (χ0) is 17.0. The summed E-state index contributed by atoms with van der Waals surface area (Å²) < 4.78 is 46.4. The number of nitrogens with zero attached hydrogens (tertiary/aromatic N) is 4. The third kappa shape index (κ3) is 3.96. The first-order valence-electron chi connectivity index (χ1n) is 6.69. The second-order valence-corrected chi connectivity index (χ2v) is 4.34. The SMILES string of the molecule is CCN(CC)C(=O)Oc1ccc(-c2noc(C(F)(F)F)n2)nc1. The largest absolute Gasteiger partial charge is 0.471 e. The minimum absolute atomic E-state index is 0.0619. The number of rotatable bonds is 4. The molecule has 7 nitrogen and oxygen atoms in total. The first kappa shape index (κ1) is 16.7. The number of ether oxygens (including phenoxy) is 1. The highest BCUT2D eigenvalue weighted by atomic mass is 19.4. The van der Waals surface area contributed by atoms with Crippen molar-refractivity contribution in [3.05, 3.63) is 24.2 Å². The number of amides is 1. The molecule has 23 heavy (non-hydrogen) atoms. The molecule has 0 saturated heterocycles. The van der Waals surface area contributed by atoms with Crippen LogP contribution in [0, 0.1) is 0 Å². The van der Waals surface area contributed by atoms with Crippen molar-refractivity contribution < 1.29 is 27.2 Å². The van der Waals surface area contributed by atoms with Crippen molar-refractivity contribution >= 4 is 6.09 Å². The van der Waals surface area contributed by atoms with E-state index in [9.17, 15) is 18.0 Å². The number of hydrogen-bond donors (Lipinski definition) is 0. The van der Waals surface area contributed by atoms with E-state index >= 15 is 0 Å². The summed E-state index contributed by atoms with van der Waals surface area (Å²) >= 11 is 0. The molecule has 10 heteroatoms. The van der Waals surface area contributed by atoms with Gasteiger partial charge in [0.1, 0.15) is 5.69 Å². The van der Waals surface area contributed by atoms with Crippen LogP contribution in [-0.2, 0) is 6.18 Å². The fourth-order valence-electron chi connectivity index (χ4n) is 1.66. The van der Waals surface area contributed by atoms with Gasteiger partial charge in [-0.05, 0) is 26.0 Å². The van der Waals surface area contributed by atoms with Gasteiger partial charge in [-0.25, -0.2) is 9.78 Å². The molecular formula is C13H13F3N4O3. The topological polar surface area (TPSA) is 81.4 Å². The van der Waals surface area contributed by atoms with E-state index in [-0.39, 0.29) is 17.3 Å². The lowest BCUT2D eigenvalue weighted by Gasteiger charge is -2.17. The van der Waals surface area contributed by atoms with Crippen LogP contribution in [0.2, 0.25) is 0 Å². The lowest BCUT2D eigenvalue weighted by Crippen LogP contribution is -2.33. The molecule has 0 fully saturated rings. The van der Waals surface area contributed by atoms with Crippen LogP contribution in [0.5, 0.6) is 5.75 Å². The highest BCUT2D eigenvalue weighted by molar-refractivity contribution is 5.70. The van der Waals surface area contributed by atoms with Crippen molar-refractivity contribution in [2.24, 2.45) is 0 Å². The molecule has 2 aromatic heterocycles. The average molecular weight is 330 g/mol. The molecule has 0 atom stereocenters. The molecular weight excluding hydrogens is 317 g/mol. The van der Waals surface area contributed by atoms with E-state index in [0.717, 1.165) is 0 Å². The first-order chi connectivity index (χ1) is 10.8. The Morgan fingerprint density at radius 2 is 2.00 bits per heavy atom. The number of alkyl halides is 3. The predicted molar refractivity (Wildman–Crippen MR) is 71.5 cm³/mol. The Bertz CT molecular complexity index is 666. The summed E-state index contributed by atoms with van der Waals surface area (Å²) in [5.41, 5.74) is 0.0619. The maximum Gasteiger partial charge on any atom is 0.471 e. The van der Waals surface area contributed by atoms with Crippen molar-refractivity contribution in [1.82, 2.24) is 20.0 Å². The van der Waals surface area contributed by atoms with Crippen LogP contribution in [0.25, 0.3) is 11.5 Å². The van der Waals surface area contributed by atoms with Gasteiger partial charge in [0.2, 0.25) is 5.82 Å². The van der Waals surface area contributed by atoms with Gasteiger partial charge in [0.25, 0.3) is 0 Å². The third-order valence-corrected chi connectivity index (χ3v) is 2.86. The summed E-state index contributed by atoms with van der Waals surface area (Å²) in [6.07, 6.45) is -4.06. The van der Waals surface area contributed by atoms with E-state index in [1.807, 2.05) is 0 Å². The number of pyridine rings is 1. The molecule has 0 aliphatic heterocycles. The smallest absolute Gasteiger partial charge is 0.409 e. The molecule has 0 aliphatic carbocycles. The van der Waals surface area contributed by atoms with Crippen molar-refractivity contribution in [1.29, 1.82) is 0 Å². The average Bonchev–Trinajstić information content (AvgIpc) is 2.99. The molecule has 0 aliphatic rings. The number of aromatic nitrogens is 3. The van der Waals surface area contributed by atoms with Crippen LogP contribution < -0.4 is 4.74 Å². The van der Waals surface area contributed by atoms with Gasteiger partial charge in [-0.1, -0.05) is 5.16 Å².